The van der Waals surface area contributed by atoms with Gasteiger partial charge >= 0.3 is 0 Å². The third-order valence-electron chi connectivity index (χ3n) is 3.15. The average molecular weight is 244 g/mol. The summed E-state index contributed by atoms with van der Waals surface area (Å²) in [6.45, 7) is 12.2. The van der Waals surface area contributed by atoms with Crippen LogP contribution >= 0.6 is 0 Å². The lowest BCUT2D eigenvalue weighted by Gasteiger charge is -2.28. The van der Waals surface area contributed by atoms with Crippen molar-refractivity contribution in [1.82, 2.24) is 10.2 Å². The normalized spacial score (nSPS) is 15.5. The van der Waals surface area contributed by atoms with Gasteiger partial charge in [-0.15, -0.1) is 0 Å². The predicted octanol–water partition coefficient (Wildman–Crippen LogP) is 2.10. The summed E-state index contributed by atoms with van der Waals surface area (Å²) in [4.78, 5) is 2.40. The maximum atomic E-state index is 9.37. The van der Waals surface area contributed by atoms with E-state index in [-0.39, 0.29) is 12.1 Å². The molecule has 0 rings (SSSR count). The fourth-order valence-corrected chi connectivity index (χ4v) is 2.26. The molecule has 1 atom stereocenters. The Morgan fingerprint density at radius 2 is 1.94 bits per heavy atom. The minimum absolute atomic E-state index is 0.0919. The van der Waals surface area contributed by atoms with Crippen LogP contribution in [-0.2, 0) is 0 Å². The lowest BCUT2D eigenvalue weighted by Crippen LogP contribution is -2.45. The Morgan fingerprint density at radius 3 is 2.41 bits per heavy atom. The van der Waals surface area contributed by atoms with Gasteiger partial charge in [-0.25, -0.2) is 0 Å². The second-order valence-corrected chi connectivity index (χ2v) is 5.86. The molecule has 0 spiro atoms. The molecule has 3 heteroatoms. The fourth-order valence-electron chi connectivity index (χ4n) is 2.26. The zero-order chi connectivity index (χ0) is 13.3. The summed E-state index contributed by atoms with van der Waals surface area (Å²) in [6.07, 6.45) is 3.43. The van der Waals surface area contributed by atoms with Gasteiger partial charge in [0.05, 0.1) is 6.61 Å². The summed E-state index contributed by atoms with van der Waals surface area (Å²) < 4.78 is 0. The van der Waals surface area contributed by atoms with Crippen molar-refractivity contribution in [2.24, 2.45) is 5.92 Å². The smallest absolute Gasteiger partial charge is 0.0610 e. The van der Waals surface area contributed by atoms with Gasteiger partial charge < -0.3 is 15.3 Å². The summed E-state index contributed by atoms with van der Waals surface area (Å²) in [5, 5.41) is 12.7. The van der Waals surface area contributed by atoms with Gasteiger partial charge in [0, 0.05) is 12.1 Å². The molecule has 0 amide bonds. The number of aliphatic hydroxyl groups is 1. The van der Waals surface area contributed by atoms with Gasteiger partial charge in [-0.2, -0.15) is 0 Å². The van der Waals surface area contributed by atoms with E-state index in [4.69, 9.17) is 0 Å². The predicted molar refractivity (Wildman–Crippen MR) is 75.4 cm³/mol. The van der Waals surface area contributed by atoms with Crippen LogP contribution in [0.4, 0.5) is 0 Å². The summed E-state index contributed by atoms with van der Waals surface area (Å²) in [5.74, 6) is 0.740. The van der Waals surface area contributed by atoms with Gasteiger partial charge in [0.25, 0.3) is 0 Å². The zero-order valence-electron chi connectivity index (χ0n) is 12.4. The molecule has 0 saturated heterocycles. The molecule has 3 nitrogen and oxygen atoms in total. The molecule has 0 aromatic rings. The quantitative estimate of drug-likeness (QED) is 0.578. The Kier molecular flexibility index (Phi) is 8.83. The van der Waals surface area contributed by atoms with E-state index in [2.05, 4.69) is 45.0 Å². The van der Waals surface area contributed by atoms with E-state index in [0.717, 1.165) is 25.4 Å². The van der Waals surface area contributed by atoms with Crippen molar-refractivity contribution in [1.29, 1.82) is 0 Å². The Labute approximate surface area is 108 Å². The minimum Gasteiger partial charge on any atom is -0.394 e. The highest BCUT2D eigenvalue weighted by Crippen LogP contribution is 2.13. The lowest BCUT2D eigenvalue weighted by atomic mass is 9.95. The van der Waals surface area contributed by atoms with Crippen LogP contribution < -0.4 is 5.32 Å². The molecule has 0 heterocycles. The van der Waals surface area contributed by atoms with Crippen LogP contribution in [0.1, 0.15) is 47.0 Å². The average Bonchev–Trinajstić information content (AvgIpc) is 2.24. The van der Waals surface area contributed by atoms with E-state index in [1.54, 1.807) is 0 Å². The van der Waals surface area contributed by atoms with Gasteiger partial charge in [-0.3, -0.25) is 0 Å². The van der Waals surface area contributed by atoms with Crippen molar-refractivity contribution in [3.05, 3.63) is 0 Å². The molecular formula is C14H32N2O. The molecule has 0 radical (unpaired) electrons. The number of likely N-dealkylation sites (N-methyl/N-ethyl adjacent to an activating group) is 1. The summed E-state index contributed by atoms with van der Waals surface area (Å²) >= 11 is 0. The highest BCUT2D eigenvalue weighted by Gasteiger charge is 2.20. The van der Waals surface area contributed by atoms with E-state index in [1.807, 2.05) is 0 Å². The second-order valence-electron chi connectivity index (χ2n) is 5.86. The molecule has 1 unspecified atom stereocenters. The van der Waals surface area contributed by atoms with Crippen LogP contribution in [0.25, 0.3) is 0 Å². The summed E-state index contributed by atoms with van der Waals surface area (Å²) in [5.41, 5.74) is -0.0919. The van der Waals surface area contributed by atoms with Crippen molar-refractivity contribution < 1.29 is 5.11 Å². The first-order chi connectivity index (χ1) is 7.93. The van der Waals surface area contributed by atoms with Gasteiger partial charge in [0.2, 0.25) is 0 Å². The van der Waals surface area contributed by atoms with Gasteiger partial charge in [0.1, 0.15) is 0 Å². The third kappa shape index (κ3) is 8.58. The Morgan fingerprint density at radius 1 is 1.29 bits per heavy atom. The molecule has 0 aromatic carbocycles. The molecule has 17 heavy (non-hydrogen) atoms. The molecule has 104 valence electrons. The Bertz CT molecular complexity index is 185. The number of rotatable bonds is 10. The van der Waals surface area contributed by atoms with Crippen LogP contribution in [0, 0.1) is 5.92 Å². The number of hydrogen-bond acceptors (Lipinski definition) is 3. The van der Waals surface area contributed by atoms with Crippen molar-refractivity contribution in [3.63, 3.8) is 0 Å². The van der Waals surface area contributed by atoms with Crippen LogP contribution in [0.15, 0.2) is 0 Å². The zero-order valence-corrected chi connectivity index (χ0v) is 12.4. The molecular weight excluding hydrogens is 212 g/mol. The topological polar surface area (TPSA) is 35.5 Å². The molecule has 0 aliphatic heterocycles. The number of nitrogens with zero attached hydrogens (tertiary/aromatic N) is 1. The first-order valence-corrected chi connectivity index (χ1v) is 6.98. The van der Waals surface area contributed by atoms with Gasteiger partial charge in [0.15, 0.2) is 0 Å². The molecule has 2 N–H and O–H groups in total. The largest absolute Gasteiger partial charge is 0.394 e. The van der Waals surface area contributed by atoms with Crippen molar-refractivity contribution >= 4 is 0 Å². The molecule has 0 aliphatic rings. The second kappa shape index (κ2) is 8.90. The molecule has 0 bridgehead atoms. The van der Waals surface area contributed by atoms with E-state index < -0.39 is 0 Å². The maximum absolute atomic E-state index is 9.37. The molecule has 0 aromatic heterocycles. The minimum atomic E-state index is -0.0919. The summed E-state index contributed by atoms with van der Waals surface area (Å²) in [6, 6.07) is 0. The first kappa shape index (κ1) is 16.9. The summed E-state index contributed by atoms with van der Waals surface area (Å²) in [7, 11) is 2.19. The number of unbranched alkanes of at least 4 members (excludes halogenated alkanes) is 1. The standard InChI is InChI=1S/C14H32N2O/c1-6-15-14(4,12-17)9-7-8-10-16(5)11-13(2)3/h13,15,17H,6-12H2,1-5H3. The lowest BCUT2D eigenvalue weighted by molar-refractivity contribution is 0.163. The fraction of sp³-hybridized carbons (Fsp3) is 1.00. The SMILES string of the molecule is CCNC(C)(CO)CCCCN(C)CC(C)C. The van der Waals surface area contributed by atoms with E-state index >= 15 is 0 Å². The first-order valence-electron chi connectivity index (χ1n) is 6.98. The van der Waals surface area contributed by atoms with Crippen LogP contribution in [-0.4, -0.2) is 48.8 Å². The van der Waals surface area contributed by atoms with E-state index in [9.17, 15) is 5.11 Å². The highest BCUT2D eigenvalue weighted by atomic mass is 16.3. The third-order valence-corrected chi connectivity index (χ3v) is 3.15. The number of hydrogen-bond donors (Lipinski definition) is 2. The number of aliphatic hydroxyl groups excluding tert-OH is 1. The highest BCUT2D eigenvalue weighted by molar-refractivity contribution is 4.81. The van der Waals surface area contributed by atoms with Crippen LogP contribution in [0.3, 0.4) is 0 Å². The molecule has 0 aliphatic carbocycles. The van der Waals surface area contributed by atoms with Crippen molar-refractivity contribution in [3.8, 4) is 0 Å². The number of nitrogens with one attached hydrogen (secondary N) is 1. The monoisotopic (exact) mass is 244 g/mol. The van der Waals surface area contributed by atoms with Crippen molar-refractivity contribution in [2.45, 2.75) is 52.5 Å². The van der Waals surface area contributed by atoms with E-state index in [1.165, 1.54) is 19.4 Å². The van der Waals surface area contributed by atoms with Crippen LogP contribution in [0.5, 0.6) is 0 Å². The van der Waals surface area contributed by atoms with Gasteiger partial charge in [-0.1, -0.05) is 27.2 Å². The Hall–Kier alpha value is -0.120. The Balaban J connectivity index is 3.68. The maximum Gasteiger partial charge on any atom is 0.0610 e. The van der Waals surface area contributed by atoms with Crippen molar-refractivity contribution in [2.75, 3.05) is 33.3 Å². The van der Waals surface area contributed by atoms with Crippen LogP contribution in [0.2, 0.25) is 0 Å². The molecule has 0 saturated carbocycles. The van der Waals surface area contributed by atoms with Gasteiger partial charge in [-0.05, 0) is 45.8 Å². The molecule has 0 fully saturated rings. The van der Waals surface area contributed by atoms with E-state index in [0.29, 0.717) is 0 Å².